The highest BCUT2D eigenvalue weighted by atomic mass is 16.2. The molecular formula is C9H17N3O. The molecule has 0 radical (unpaired) electrons. The van der Waals surface area contributed by atoms with Crippen molar-refractivity contribution in [3.63, 3.8) is 0 Å². The number of nitrogens with zero attached hydrogens (tertiary/aromatic N) is 1. The van der Waals surface area contributed by atoms with Gasteiger partial charge in [0, 0.05) is 19.6 Å². The van der Waals surface area contributed by atoms with Gasteiger partial charge in [0.15, 0.2) is 0 Å². The molecule has 0 aromatic carbocycles. The van der Waals surface area contributed by atoms with Gasteiger partial charge in [0.1, 0.15) is 0 Å². The summed E-state index contributed by atoms with van der Waals surface area (Å²) in [5.74, 6) is 0.163. The van der Waals surface area contributed by atoms with Gasteiger partial charge >= 0.3 is 0 Å². The maximum atomic E-state index is 11.8. The van der Waals surface area contributed by atoms with Gasteiger partial charge in [-0.3, -0.25) is 4.79 Å². The number of nitrogens with one attached hydrogen (secondary N) is 1. The average molecular weight is 183 g/mol. The fourth-order valence-corrected chi connectivity index (χ4v) is 1.71. The lowest BCUT2D eigenvalue weighted by molar-refractivity contribution is -0.133. The van der Waals surface area contributed by atoms with Crippen LogP contribution in [-0.2, 0) is 4.79 Å². The van der Waals surface area contributed by atoms with Crippen LogP contribution in [0.1, 0.15) is 19.3 Å². The van der Waals surface area contributed by atoms with Gasteiger partial charge in [0.25, 0.3) is 0 Å². The Kier molecular flexibility index (Phi) is 2.26. The Morgan fingerprint density at radius 2 is 2.08 bits per heavy atom. The van der Waals surface area contributed by atoms with Crippen molar-refractivity contribution in [3.8, 4) is 0 Å². The third kappa shape index (κ3) is 1.84. The minimum absolute atomic E-state index is 0.163. The summed E-state index contributed by atoms with van der Waals surface area (Å²) in [6.45, 7) is 3.60. The minimum atomic E-state index is -0.482. The smallest absolute Gasteiger partial charge is 0.242 e. The maximum absolute atomic E-state index is 11.8. The average Bonchev–Trinajstić information content (AvgIpc) is 2.88. The van der Waals surface area contributed by atoms with Crippen LogP contribution in [0.2, 0.25) is 0 Å². The van der Waals surface area contributed by atoms with Crippen molar-refractivity contribution in [1.82, 2.24) is 10.2 Å². The molecule has 0 spiro atoms. The molecule has 0 atom stereocenters. The summed E-state index contributed by atoms with van der Waals surface area (Å²) in [7, 11) is 0. The molecule has 0 bridgehead atoms. The topological polar surface area (TPSA) is 58.4 Å². The molecule has 2 aliphatic rings. The molecule has 4 heteroatoms. The Hall–Kier alpha value is -0.610. The Balaban J connectivity index is 1.94. The molecule has 1 amide bonds. The molecule has 1 heterocycles. The molecule has 0 aromatic heterocycles. The van der Waals surface area contributed by atoms with E-state index in [0.29, 0.717) is 0 Å². The van der Waals surface area contributed by atoms with E-state index in [1.165, 1.54) is 0 Å². The monoisotopic (exact) mass is 183 g/mol. The first-order valence-corrected chi connectivity index (χ1v) is 5.01. The summed E-state index contributed by atoms with van der Waals surface area (Å²) in [6, 6.07) is 0. The van der Waals surface area contributed by atoms with Crippen molar-refractivity contribution < 1.29 is 4.79 Å². The molecule has 3 N–H and O–H groups in total. The van der Waals surface area contributed by atoms with Crippen molar-refractivity contribution in [2.45, 2.75) is 24.8 Å². The van der Waals surface area contributed by atoms with Crippen LogP contribution in [0.15, 0.2) is 0 Å². The molecule has 2 fully saturated rings. The predicted octanol–water partition coefficient (Wildman–Crippen LogP) is -0.700. The second kappa shape index (κ2) is 3.27. The molecule has 1 aliphatic heterocycles. The Morgan fingerprint density at radius 1 is 1.31 bits per heavy atom. The highest BCUT2D eigenvalue weighted by molar-refractivity contribution is 5.89. The van der Waals surface area contributed by atoms with Gasteiger partial charge < -0.3 is 16.0 Å². The Morgan fingerprint density at radius 3 is 2.77 bits per heavy atom. The van der Waals surface area contributed by atoms with Crippen LogP contribution in [0.5, 0.6) is 0 Å². The summed E-state index contributed by atoms with van der Waals surface area (Å²) >= 11 is 0. The van der Waals surface area contributed by atoms with Crippen LogP contribution in [-0.4, -0.2) is 42.5 Å². The molecule has 13 heavy (non-hydrogen) atoms. The van der Waals surface area contributed by atoms with E-state index >= 15 is 0 Å². The second-order valence-electron chi connectivity index (χ2n) is 4.05. The van der Waals surface area contributed by atoms with Gasteiger partial charge in [-0.1, -0.05) is 0 Å². The summed E-state index contributed by atoms with van der Waals surface area (Å²) in [5.41, 5.74) is 5.38. The number of nitrogens with two attached hydrogens (primary N) is 1. The van der Waals surface area contributed by atoms with Gasteiger partial charge in [-0.05, 0) is 25.8 Å². The van der Waals surface area contributed by atoms with E-state index in [9.17, 15) is 4.79 Å². The highest BCUT2D eigenvalue weighted by Crippen LogP contribution is 2.34. The van der Waals surface area contributed by atoms with E-state index in [4.69, 9.17) is 5.73 Å². The van der Waals surface area contributed by atoms with E-state index in [0.717, 1.165) is 45.4 Å². The fourth-order valence-electron chi connectivity index (χ4n) is 1.71. The van der Waals surface area contributed by atoms with Crippen molar-refractivity contribution in [3.05, 3.63) is 0 Å². The predicted molar refractivity (Wildman–Crippen MR) is 50.2 cm³/mol. The highest BCUT2D eigenvalue weighted by Gasteiger charge is 2.47. The van der Waals surface area contributed by atoms with E-state index in [1.807, 2.05) is 4.90 Å². The SMILES string of the molecule is NC1(C(=O)N2CCCNCC2)CC1. The zero-order valence-electron chi connectivity index (χ0n) is 7.88. The lowest BCUT2D eigenvalue weighted by Gasteiger charge is -2.23. The Labute approximate surface area is 78.5 Å². The fraction of sp³-hybridized carbons (Fsp3) is 0.889. The summed E-state index contributed by atoms with van der Waals surface area (Å²) in [6.07, 6.45) is 2.79. The van der Waals surface area contributed by atoms with E-state index < -0.39 is 5.54 Å². The first-order chi connectivity index (χ1) is 6.22. The zero-order valence-corrected chi connectivity index (χ0v) is 7.88. The number of hydrogen-bond acceptors (Lipinski definition) is 3. The molecule has 0 unspecified atom stereocenters. The number of amides is 1. The van der Waals surface area contributed by atoms with Gasteiger partial charge in [0.05, 0.1) is 5.54 Å². The molecule has 1 saturated carbocycles. The van der Waals surface area contributed by atoms with Crippen LogP contribution < -0.4 is 11.1 Å². The molecule has 4 nitrogen and oxygen atoms in total. The quantitative estimate of drug-likeness (QED) is 0.565. The first kappa shape index (κ1) is 8.97. The summed E-state index contributed by atoms with van der Waals surface area (Å²) in [4.78, 5) is 13.7. The molecular weight excluding hydrogens is 166 g/mol. The molecule has 74 valence electrons. The third-order valence-corrected chi connectivity index (χ3v) is 2.84. The largest absolute Gasteiger partial charge is 0.340 e. The van der Waals surface area contributed by atoms with Crippen LogP contribution in [0, 0.1) is 0 Å². The zero-order chi connectivity index (χ0) is 9.31. The van der Waals surface area contributed by atoms with Gasteiger partial charge in [-0.2, -0.15) is 0 Å². The number of carbonyl (C=O) groups excluding carboxylic acids is 1. The van der Waals surface area contributed by atoms with Crippen molar-refractivity contribution in [1.29, 1.82) is 0 Å². The second-order valence-corrected chi connectivity index (χ2v) is 4.05. The lowest BCUT2D eigenvalue weighted by Crippen LogP contribution is -2.46. The van der Waals surface area contributed by atoms with Crippen LogP contribution in [0.25, 0.3) is 0 Å². The summed E-state index contributed by atoms with van der Waals surface area (Å²) in [5, 5.41) is 3.27. The van der Waals surface area contributed by atoms with Crippen molar-refractivity contribution >= 4 is 5.91 Å². The minimum Gasteiger partial charge on any atom is -0.340 e. The van der Waals surface area contributed by atoms with Crippen molar-refractivity contribution in [2.75, 3.05) is 26.2 Å². The van der Waals surface area contributed by atoms with E-state index in [2.05, 4.69) is 5.32 Å². The van der Waals surface area contributed by atoms with E-state index in [-0.39, 0.29) is 5.91 Å². The number of hydrogen-bond donors (Lipinski definition) is 2. The number of rotatable bonds is 1. The lowest BCUT2D eigenvalue weighted by atomic mass is 10.2. The molecule has 1 aliphatic carbocycles. The molecule has 0 aromatic rings. The normalized spacial score (nSPS) is 26.7. The van der Waals surface area contributed by atoms with E-state index in [1.54, 1.807) is 0 Å². The summed E-state index contributed by atoms with van der Waals surface area (Å²) < 4.78 is 0. The van der Waals surface area contributed by atoms with Crippen molar-refractivity contribution in [2.24, 2.45) is 5.73 Å². The third-order valence-electron chi connectivity index (χ3n) is 2.84. The van der Waals surface area contributed by atoms with Crippen LogP contribution in [0.4, 0.5) is 0 Å². The number of carbonyl (C=O) groups is 1. The first-order valence-electron chi connectivity index (χ1n) is 5.01. The van der Waals surface area contributed by atoms with Gasteiger partial charge in [-0.25, -0.2) is 0 Å². The standard InChI is InChI=1S/C9H17N3O/c10-9(2-3-9)8(13)12-6-1-4-11-5-7-12/h11H,1-7,10H2. The Bertz CT molecular complexity index is 205. The van der Waals surface area contributed by atoms with Gasteiger partial charge in [0.2, 0.25) is 5.91 Å². The van der Waals surface area contributed by atoms with Gasteiger partial charge in [-0.15, -0.1) is 0 Å². The van der Waals surface area contributed by atoms with Crippen LogP contribution in [0.3, 0.4) is 0 Å². The maximum Gasteiger partial charge on any atom is 0.242 e. The van der Waals surface area contributed by atoms with Crippen LogP contribution >= 0.6 is 0 Å². The molecule has 2 rings (SSSR count). The molecule has 1 saturated heterocycles.